The number of anilines is 1. The predicted molar refractivity (Wildman–Crippen MR) is 102 cm³/mol. The maximum atomic E-state index is 13.1. The molecule has 0 aliphatic carbocycles. The number of benzene rings is 2. The lowest BCUT2D eigenvalue weighted by molar-refractivity contribution is -0.274. The van der Waals surface area contributed by atoms with Crippen molar-refractivity contribution in [2.75, 3.05) is 24.5 Å². The van der Waals surface area contributed by atoms with Crippen LogP contribution in [0.4, 0.5) is 23.2 Å². The molecule has 2 aromatic rings. The molecule has 0 spiro atoms. The Labute approximate surface area is 176 Å². The Hall–Kier alpha value is -2.66. The smallest absolute Gasteiger partial charge is 0.406 e. The summed E-state index contributed by atoms with van der Waals surface area (Å²) in [4.78, 5) is 14.4. The highest BCUT2D eigenvalue weighted by Crippen LogP contribution is 2.37. The topological polar surface area (TPSA) is 66.9 Å². The second-order valence-electron chi connectivity index (χ2n) is 7.46. The molecule has 0 saturated carbocycles. The number of amides is 1. The molecule has 166 valence electrons. The van der Waals surface area contributed by atoms with Gasteiger partial charge in [0, 0.05) is 25.3 Å². The summed E-state index contributed by atoms with van der Waals surface area (Å²) in [5.74, 6) is -1.94. The molecule has 2 aliphatic heterocycles. The van der Waals surface area contributed by atoms with Gasteiger partial charge in [0.1, 0.15) is 11.6 Å². The van der Waals surface area contributed by atoms with Gasteiger partial charge in [-0.25, -0.2) is 12.8 Å². The van der Waals surface area contributed by atoms with Crippen LogP contribution >= 0.6 is 0 Å². The molecule has 0 aromatic heterocycles. The highest BCUT2D eigenvalue weighted by molar-refractivity contribution is 7.89. The standard InChI is InChI=1S/C20H18F4N2O4S/c21-14-1-7-17(8-2-14)31(28,29)25-11-13-9-10-26(19(27)18(13)12-25)15-3-5-16(6-4-15)30-20(22,23)24/h1-8,13,18H,9-12H2/t13-,18+/m0/s1. The maximum Gasteiger partial charge on any atom is 0.573 e. The molecule has 6 nitrogen and oxygen atoms in total. The van der Waals surface area contributed by atoms with E-state index in [1.54, 1.807) is 0 Å². The Balaban J connectivity index is 1.49. The summed E-state index contributed by atoms with van der Waals surface area (Å²) in [6.07, 6.45) is -4.26. The molecule has 2 saturated heterocycles. The van der Waals surface area contributed by atoms with Crippen LogP contribution in [0.15, 0.2) is 53.4 Å². The lowest BCUT2D eigenvalue weighted by atomic mass is 9.87. The molecule has 2 aliphatic rings. The van der Waals surface area contributed by atoms with E-state index in [0.29, 0.717) is 18.7 Å². The van der Waals surface area contributed by atoms with Crippen LogP contribution in [0.1, 0.15) is 6.42 Å². The summed E-state index contributed by atoms with van der Waals surface area (Å²) in [5.41, 5.74) is 0.415. The van der Waals surface area contributed by atoms with Crippen molar-refractivity contribution in [1.82, 2.24) is 4.31 Å². The molecule has 0 radical (unpaired) electrons. The zero-order valence-corrected chi connectivity index (χ0v) is 16.9. The lowest BCUT2D eigenvalue weighted by Gasteiger charge is -2.33. The van der Waals surface area contributed by atoms with Crippen LogP contribution < -0.4 is 9.64 Å². The molecule has 2 atom stereocenters. The zero-order chi connectivity index (χ0) is 22.4. The number of rotatable bonds is 4. The van der Waals surface area contributed by atoms with Crippen molar-refractivity contribution in [2.45, 2.75) is 17.7 Å². The minimum atomic E-state index is -4.81. The fourth-order valence-electron chi connectivity index (χ4n) is 4.05. The van der Waals surface area contributed by atoms with Crippen molar-refractivity contribution in [3.63, 3.8) is 0 Å². The predicted octanol–water partition coefficient (Wildman–Crippen LogP) is 3.40. The monoisotopic (exact) mass is 458 g/mol. The average Bonchev–Trinajstić information content (AvgIpc) is 3.14. The van der Waals surface area contributed by atoms with E-state index in [1.807, 2.05) is 0 Å². The van der Waals surface area contributed by atoms with E-state index in [9.17, 15) is 30.8 Å². The van der Waals surface area contributed by atoms with Crippen molar-refractivity contribution in [2.24, 2.45) is 11.8 Å². The molecule has 31 heavy (non-hydrogen) atoms. The van der Waals surface area contributed by atoms with Crippen molar-refractivity contribution in [1.29, 1.82) is 0 Å². The van der Waals surface area contributed by atoms with Crippen LogP contribution in [-0.4, -0.2) is 44.6 Å². The fourth-order valence-corrected chi connectivity index (χ4v) is 5.57. The van der Waals surface area contributed by atoms with Gasteiger partial charge in [-0.3, -0.25) is 4.79 Å². The van der Waals surface area contributed by atoms with Gasteiger partial charge in [-0.15, -0.1) is 13.2 Å². The summed E-state index contributed by atoms with van der Waals surface area (Å²) < 4.78 is 80.9. The van der Waals surface area contributed by atoms with E-state index in [1.165, 1.54) is 33.5 Å². The minimum Gasteiger partial charge on any atom is -0.406 e. The van der Waals surface area contributed by atoms with Crippen molar-refractivity contribution >= 4 is 21.6 Å². The molecule has 0 N–H and O–H groups in total. The van der Waals surface area contributed by atoms with E-state index >= 15 is 0 Å². The average molecular weight is 458 g/mol. The Morgan fingerprint density at radius 3 is 2.23 bits per heavy atom. The Morgan fingerprint density at radius 1 is 0.968 bits per heavy atom. The fraction of sp³-hybridized carbons (Fsp3) is 0.350. The van der Waals surface area contributed by atoms with Crippen LogP contribution in [0.5, 0.6) is 5.75 Å². The number of ether oxygens (including phenoxy) is 1. The van der Waals surface area contributed by atoms with Crippen LogP contribution in [0.25, 0.3) is 0 Å². The van der Waals surface area contributed by atoms with Gasteiger partial charge in [-0.05, 0) is 60.9 Å². The number of carbonyl (C=O) groups excluding carboxylic acids is 1. The Kier molecular flexibility index (Phi) is 5.42. The molecule has 2 heterocycles. The third-order valence-corrected chi connectivity index (χ3v) is 7.39. The second kappa shape index (κ2) is 7.79. The highest BCUT2D eigenvalue weighted by atomic mass is 32.2. The largest absolute Gasteiger partial charge is 0.573 e. The summed E-state index contributed by atoms with van der Waals surface area (Å²) in [5, 5.41) is 0. The van der Waals surface area contributed by atoms with E-state index in [-0.39, 0.29) is 29.8 Å². The van der Waals surface area contributed by atoms with Crippen LogP contribution in [0, 0.1) is 17.7 Å². The van der Waals surface area contributed by atoms with Crippen molar-refractivity contribution < 1.29 is 35.5 Å². The van der Waals surface area contributed by atoms with Gasteiger partial charge in [0.15, 0.2) is 0 Å². The maximum absolute atomic E-state index is 13.1. The van der Waals surface area contributed by atoms with Gasteiger partial charge in [0.2, 0.25) is 15.9 Å². The number of hydrogen-bond donors (Lipinski definition) is 0. The van der Waals surface area contributed by atoms with Crippen LogP contribution in [0.3, 0.4) is 0 Å². The summed E-state index contributed by atoms with van der Waals surface area (Å²) in [7, 11) is -3.87. The van der Waals surface area contributed by atoms with E-state index < -0.39 is 33.9 Å². The SMILES string of the molecule is O=C1[C@@H]2CN(S(=O)(=O)c3ccc(F)cc3)C[C@@H]2CCN1c1ccc(OC(F)(F)F)cc1. The minimum absolute atomic E-state index is 0.00498. The molecular weight excluding hydrogens is 440 g/mol. The van der Waals surface area contributed by atoms with E-state index in [2.05, 4.69) is 4.74 Å². The zero-order valence-electron chi connectivity index (χ0n) is 16.0. The third kappa shape index (κ3) is 4.38. The Morgan fingerprint density at radius 2 is 1.61 bits per heavy atom. The quantitative estimate of drug-likeness (QED) is 0.659. The number of alkyl halides is 3. The number of piperidine rings is 1. The van der Waals surface area contributed by atoms with Gasteiger partial charge < -0.3 is 9.64 Å². The molecule has 0 bridgehead atoms. The van der Waals surface area contributed by atoms with E-state index in [4.69, 9.17) is 0 Å². The van der Waals surface area contributed by atoms with Crippen molar-refractivity contribution in [3.05, 3.63) is 54.3 Å². The van der Waals surface area contributed by atoms with Gasteiger partial charge >= 0.3 is 6.36 Å². The molecule has 4 rings (SSSR count). The first-order valence-corrected chi connectivity index (χ1v) is 10.9. The summed E-state index contributed by atoms with van der Waals surface area (Å²) in [6.45, 7) is 0.501. The number of fused-ring (bicyclic) bond motifs is 1. The van der Waals surface area contributed by atoms with Gasteiger partial charge in [0.25, 0.3) is 0 Å². The van der Waals surface area contributed by atoms with Gasteiger partial charge in [-0.1, -0.05) is 0 Å². The lowest BCUT2D eigenvalue weighted by Crippen LogP contribution is -2.45. The number of halogens is 4. The first kappa shape index (κ1) is 21.6. The molecule has 11 heteroatoms. The number of sulfonamides is 1. The molecule has 1 amide bonds. The number of hydrogen-bond acceptors (Lipinski definition) is 4. The molecule has 2 fully saturated rings. The highest BCUT2D eigenvalue weighted by Gasteiger charge is 2.46. The summed E-state index contributed by atoms with van der Waals surface area (Å²) >= 11 is 0. The number of nitrogens with zero attached hydrogens (tertiary/aromatic N) is 2. The van der Waals surface area contributed by atoms with Gasteiger partial charge in [0.05, 0.1) is 10.8 Å². The summed E-state index contributed by atoms with van der Waals surface area (Å²) in [6, 6.07) is 9.48. The Bertz CT molecular complexity index is 1070. The molecular formula is C20H18F4N2O4S. The first-order chi connectivity index (χ1) is 14.5. The van der Waals surface area contributed by atoms with Crippen LogP contribution in [0.2, 0.25) is 0 Å². The second-order valence-corrected chi connectivity index (χ2v) is 9.40. The van der Waals surface area contributed by atoms with Crippen LogP contribution in [-0.2, 0) is 14.8 Å². The van der Waals surface area contributed by atoms with E-state index in [0.717, 1.165) is 24.3 Å². The van der Waals surface area contributed by atoms with Crippen molar-refractivity contribution in [3.8, 4) is 5.75 Å². The molecule has 2 aromatic carbocycles. The number of carbonyl (C=O) groups is 1. The first-order valence-electron chi connectivity index (χ1n) is 9.47. The normalized spacial score (nSPS) is 22.5. The third-order valence-electron chi connectivity index (χ3n) is 5.55. The molecule has 0 unspecified atom stereocenters. The van der Waals surface area contributed by atoms with Gasteiger partial charge in [-0.2, -0.15) is 4.31 Å².